The zero-order valence-electron chi connectivity index (χ0n) is 11.3. The van der Waals surface area contributed by atoms with E-state index in [9.17, 15) is 9.59 Å². The first-order chi connectivity index (χ1) is 9.54. The van der Waals surface area contributed by atoms with Crippen LogP contribution in [0.1, 0.15) is 18.9 Å². The van der Waals surface area contributed by atoms with Gasteiger partial charge in [-0.15, -0.1) is 0 Å². The zero-order valence-corrected chi connectivity index (χ0v) is 11.3. The quantitative estimate of drug-likeness (QED) is 0.659. The van der Waals surface area contributed by atoms with Crippen molar-refractivity contribution in [2.45, 2.75) is 18.9 Å². The molecule has 20 heavy (non-hydrogen) atoms. The summed E-state index contributed by atoms with van der Waals surface area (Å²) in [6.45, 7) is 6.21. The molecule has 104 valence electrons. The van der Waals surface area contributed by atoms with Crippen LogP contribution in [0.2, 0.25) is 0 Å². The van der Waals surface area contributed by atoms with E-state index in [1.165, 1.54) is 4.90 Å². The number of ether oxygens (including phenoxy) is 1. The van der Waals surface area contributed by atoms with E-state index < -0.39 is 5.54 Å². The second-order valence-electron chi connectivity index (χ2n) is 5.28. The van der Waals surface area contributed by atoms with Gasteiger partial charge in [0.1, 0.15) is 5.75 Å². The van der Waals surface area contributed by atoms with Crippen molar-refractivity contribution in [1.82, 2.24) is 10.2 Å². The number of carbonyl (C=O) groups is 2. The molecule has 1 aromatic carbocycles. The van der Waals surface area contributed by atoms with Crippen LogP contribution >= 0.6 is 0 Å². The first-order valence-corrected chi connectivity index (χ1v) is 6.55. The molecule has 0 aliphatic carbocycles. The molecule has 2 heterocycles. The largest absolute Gasteiger partial charge is 0.493 e. The molecule has 3 amide bonds. The fraction of sp³-hybridized carbons (Fsp3) is 0.333. The number of benzene rings is 1. The molecule has 0 radical (unpaired) electrons. The second-order valence-corrected chi connectivity index (χ2v) is 5.28. The van der Waals surface area contributed by atoms with Crippen molar-refractivity contribution in [2.24, 2.45) is 0 Å². The molecular formula is C15H16N2O3. The third kappa shape index (κ3) is 1.70. The van der Waals surface area contributed by atoms with Gasteiger partial charge in [-0.05, 0) is 13.0 Å². The van der Waals surface area contributed by atoms with Crippen LogP contribution in [-0.2, 0) is 10.3 Å². The van der Waals surface area contributed by atoms with Crippen LogP contribution in [0.25, 0.3) is 0 Å². The van der Waals surface area contributed by atoms with E-state index in [0.29, 0.717) is 18.8 Å². The summed E-state index contributed by atoms with van der Waals surface area (Å²) in [6, 6.07) is 6.98. The highest BCUT2D eigenvalue weighted by molar-refractivity contribution is 6.08. The van der Waals surface area contributed by atoms with Gasteiger partial charge in [-0.2, -0.15) is 0 Å². The van der Waals surface area contributed by atoms with Crippen molar-refractivity contribution in [3.63, 3.8) is 0 Å². The van der Waals surface area contributed by atoms with Gasteiger partial charge in [0.2, 0.25) is 0 Å². The first-order valence-electron chi connectivity index (χ1n) is 6.55. The maximum absolute atomic E-state index is 12.7. The SMILES string of the molecule is C=C(C)CN1C(=O)NC2(CCOc3ccccc32)C1=O. The van der Waals surface area contributed by atoms with Crippen LogP contribution < -0.4 is 10.1 Å². The number of rotatable bonds is 2. The van der Waals surface area contributed by atoms with Gasteiger partial charge >= 0.3 is 6.03 Å². The third-order valence-electron chi connectivity index (χ3n) is 3.69. The minimum absolute atomic E-state index is 0.221. The Morgan fingerprint density at radius 3 is 2.95 bits per heavy atom. The molecule has 0 aromatic heterocycles. The predicted octanol–water partition coefficient (Wildman–Crippen LogP) is 1.79. The van der Waals surface area contributed by atoms with Gasteiger partial charge in [-0.25, -0.2) is 4.79 Å². The summed E-state index contributed by atoms with van der Waals surface area (Å²) in [4.78, 5) is 26.1. The van der Waals surface area contributed by atoms with Gasteiger partial charge in [-0.3, -0.25) is 9.69 Å². The van der Waals surface area contributed by atoms with Crippen molar-refractivity contribution < 1.29 is 14.3 Å². The Labute approximate surface area is 117 Å². The summed E-state index contributed by atoms with van der Waals surface area (Å²) in [6.07, 6.45) is 0.446. The van der Waals surface area contributed by atoms with Crippen molar-refractivity contribution in [2.75, 3.05) is 13.2 Å². The van der Waals surface area contributed by atoms with Crippen LogP contribution in [0.3, 0.4) is 0 Å². The molecule has 5 nitrogen and oxygen atoms in total. The highest BCUT2D eigenvalue weighted by Crippen LogP contribution is 2.40. The molecule has 1 saturated heterocycles. The molecule has 1 spiro atoms. The number of carbonyl (C=O) groups excluding carboxylic acids is 2. The topological polar surface area (TPSA) is 58.6 Å². The van der Waals surface area contributed by atoms with Crippen LogP contribution in [0.5, 0.6) is 5.75 Å². The maximum Gasteiger partial charge on any atom is 0.325 e. The van der Waals surface area contributed by atoms with Crippen LogP contribution in [-0.4, -0.2) is 30.0 Å². The van der Waals surface area contributed by atoms with Gasteiger partial charge in [-0.1, -0.05) is 30.4 Å². The monoisotopic (exact) mass is 272 g/mol. The lowest BCUT2D eigenvalue weighted by atomic mass is 9.84. The summed E-state index contributed by atoms with van der Waals surface area (Å²) in [7, 11) is 0. The van der Waals surface area contributed by atoms with Crippen LogP contribution in [0.4, 0.5) is 4.79 Å². The Hall–Kier alpha value is -2.30. The smallest absolute Gasteiger partial charge is 0.325 e. The highest BCUT2D eigenvalue weighted by Gasteiger charge is 2.54. The van der Waals surface area contributed by atoms with E-state index in [0.717, 1.165) is 11.1 Å². The number of hydrogen-bond donors (Lipinski definition) is 1. The number of fused-ring (bicyclic) bond motifs is 2. The summed E-state index contributed by atoms with van der Waals surface area (Å²) in [5, 5.41) is 2.85. The summed E-state index contributed by atoms with van der Waals surface area (Å²) < 4.78 is 5.57. The molecule has 5 heteroatoms. The summed E-state index contributed by atoms with van der Waals surface area (Å²) in [5.74, 6) is 0.436. The van der Waals surface area contributed by atoms with Gasteiger partial charge in [0.05, 0.1) is 13.2 Å². The van der Waals surface area contributed by atoms with Gasteiger partial charge in [0, 0.05) is 12.0 Å². The number of imide groups is 1. The lowest BCUT2D eigenvalue weighted by Gasteiger charge is -2.33. The van der Waals surface area contributed by atoms with Crippen molar-refractivity contribution in [3.8, 4) is 5.75 Å². The number of nitrogens with zero attached hydrogens (tertiary/aromatic N) is 1. The number of nitrogens with one attached hydrogen (secondary N) is 1. The molecule has 2 aliphatic rings. The van der Waals surface area contributed by atoms with Crippen molar-refractivity contribution >= 4 is 11.9 Å². The molecule has 3 rings (SSSR count). The molecule has 1 unspecified atom stereocenters. The highest BCUT2D eigenvalue weighted by atomic mass is 16.5. The molecule has 0 bridgehead atoms. The third-order valence-corrected chi connectivity index (χ3v) is 3.69. The molecular weight excluding hydrogens is 256 g/mol. The average molecular weight is 272 g/mol. The minimum Gasteiger partial charge on any atom is -0.493 e. The number of amides is 3. The van der Waals surface area contributed by atoms with E-state index in [-0.39, 0.29) is 18.5 Å². The lowest BCUT2D eigenvalue weighted by Crippen LogP contribution is -2.47. The lowest BCUT2D eigenvalue weighted by molar-refractivity contribution is -0.132. The Morgan fingerprint density at radius 1 is 1.45 bits per heavy atom. The van der Waals surface area contributed by atoms with Crippen LogP contribution in [0, 0.1) is 0 Å². The number of hydrogen-bond acceptors (Lipinski definition) is 3. The Balaban J connectivity index is 2.05. The van der Waals surface area contributed by atoms with Gasteiger partial charge < -0.3 is 10.1 Å². The Morgan fingerprint density at radius 2 is 2.20 bits per heavy atom. The molecule has 1 fully saturated rings. The van der Waals surface area contributed by atoms with Gasteiger partial charge in [0.15, 0.2) is 5.54 Å². The molecule has 1 N–H and O–H groups in total. The fourth-order valence-corrected chi connectivity index (χ4v) is 2.79. The maximum atomic E-state index is 12.7. The first kappa shape index (κ1) is 12.7. The fourth-order valence-electron chi connectivity index (χ4n) is 2.79. The summed E-state index contributed by atoms with van der Waals surface area (Å²) in [5.41, 5.74) is 0.515. The average Bonchev–Trinajstić information content (AvgIpc) is 2.64. The van der Waals surface area contributed by atoms with Crippen molar-refractivity contribution in [1.29, 1.82) is 0 Å². The minimum atomic E-state index is -0.985. The molecule has 0 saturated carbocycles. The predicted molar refractivity (Wildman–Crippen MR) is 73.3 cm³/mol. The van der Waals surface area contributed by atoms with E-state index in [2.05, 4.69) is 11.9 Å². The number of para-hydroxylation sites is 1. The van der Waals surface area contributed by atoms with E-state index >= 15 is 0 Å². The number of urea groups is 1. The zero-order chi connectivity index (χ0) is 14.3. The van der Waals surface area contributed by atoms with Gasteiger partial charge in [0.25, 0.3) is 5.91 Å². The van der Waals surface area contributed by atoms with E-state index in [4.69, 9.17) is 4.74 Å². The Bertz CT molecular complexity index is 611. The van der Waals surface area contributed by atoms with E-state index in [1.807, 2.05) is 24.3 Å². The molecule has 1 atom stereocenters. The standard InChI is InChI=1S/C15H16N2O3/c1-10(2)9-17-13(18)15(16-14(17)19)7-8-20-12-6-4-3-5-11(12)15/h3-6H,1,7-9H2,2H3,(H,16,19). The Kier molecular flexibility index (Phi) is 2.78. The second kappa shape index (κ2) is 4.37. The van der Waals surface area contributed by atoms with E-state index in [1.54, 1.807) is 6.92 Å². The molecule has 1 aromatic rings. The van der Waals surface area contributed by atoms with Crippen LogP contribution in [0.15, 0.2) is 36.4 Å². The molecule has 2 aliphatic heterocycles. The normalized spacial score (nSPS) is 24.4. The van der Waals surface area contributed by atoms with Crippen molar-refractivity contribution in [3.05, 3.63) is 42.0 Å². The summed E-state index contributed by atoms with van der Waals surface area (Å²) >= 11 is 0.